The predicted molar refractivity (Wildman–Crippen MR) is 88.0 cm³/mol. The highest BCUT2D eigenvalue weighted by Crippen LogP contribution is 2.33. The Balaban J connectivity index is 1.88. The molecular formula is C18H36N2. The Morgan fingerprint density at radius 1 is 1.10 bits per heavy atom. The molecule has 0 aliphatic heterocycles. The van der Waals surface area contributed by atoms with Crippen LogP contribution < -0.4 is 5.32 Å². The van der Waals surface area contributed by atoms with E-state index < -0.39 is 0 Å². The molecule has 2 heteroatoms. The predicted octanol–water partition coefficient (Wildman–Crippen LogP) is 3.91. The second-order valence-electron chi connectivity index (χ2n) is 7.61. The lowest BCUT2D eigenvalue weighted by molar-refractivity contribution is 0.104. The molecule has 2 rings (SSSR count). The van der Waals surface area contributed by atoms with Gasteiger partial charge >= 0.3 is 0 Å². The van der Waals surface area contributed by atoms with E-state index in [-0.39, 0.29) is 0 Å². The van der Waals surface area contributed by atoms with Gasteiger partial charge in [0.05, 0.1) is 0 Å². The van der Waals surface area contributed by atoms with Gasteiger partial charge in [-0.15, -0.1) is 0 Å². The third kappa shape index (κ3) is 4.21. The van der Waals surface area contributed by atoms with Crippen molar-refractivity contribution >= 4 is 0 Å². The molecule has 2 aliphatic rings. The fraction of sp³-hybridized carbons (Fsp3) is 1.00. The summed E-state index contributed by atoms with van der Waals surface area (Å²) in [5.41, 5.74) is 0. The zero-order chi connectivity index (χ0) is 14.5. The Morgan fingerprint density at radius 3 is 2.55 bits per heavy atom. The molecular weight excluding hydrogens is 244 g/mol. The summed E-state index contributed by atoms with van der Waals surface area (Å²) in [7, 11) is 4.54. The molecule has 2 aliphatic carbocycles. The van der Waals surface area contributed by atoms with Gasteiger partial charge < -0.3 is 10.2 Å². The summed E-state index contributed by atoms with van der Waals surface area (Å²) in [6.45, 7) is 6.11. The van der Waals surface area contributed by atoms with Gasteiger partial charge in [-0.2, -0.15) is 0 Å². The van der Waals surface area contributed by atoms with Crippen LogP contribution in [0.15, 0.2) is 0 Å². The van der Waals surface area contributed by atoms with E-state index in [1.807, 2.05) is 0 Å². The van der Waals surface area contributed by atoms with Crippen molar-refractivity contribution in [2.24, 2.45) is 17.8 Å². The Kier molecular flexibility index (Phi) is 6.35. The summed E-state index contributed by atoms with van der Waals surface area (Å²) in [5.74, 6) is 2.77. The second-order valence-corrected chi connectivity index (χ2v) is 7.61. The van der Waals surface area contributed by atoms with E-state index in [1.165, 1.54) is 57.9 Å². The molecule has 0 aromatic heterocycles. The minimum absolute atomic E-state index is 0.751. The Hall–Kier alpha value is -0.0800. The molecule has 20 heavy (non-hydrogen) atoms. The summed E-state index contributed by atoms with van der Waals surface area (Å²) >= 11 is 0. The van der Waals surface area contributed by atoms with E-state index in [9.17, 15) is 0 Å². The van der Waals surface area contributed by atoms with Gasteiger partial charge in [-0.25, -0.2) is 0 Å². The number of hydrogen-bond donors (Lipinski definition) is 1. The Labute approximate surface area is 126 Å². The molecule has 0 heterocycles. The fourth-order valence-electron chi connectivity index (χ4n) is 4.64. The minimum atomic E-state index is 0.751. The van der Waals surface area contributed by atoms with Gasteiger partial charge in [0.1, 0.15) is 0 Å². The van der Waals surface area contributed by atoms with Crippen LogP contribution in [-0.2, 0) is 0 Å². The first kappa shape index (κ1) is 16.3. The maximum atomic E-state index is 3.59. The van der Waals surface area contributed by atoms with Crippen molar-refractivity contribution in [2.75, 3.05) is 20.6 Å². The standard InChI is InChI=1S/C18H36N2/c1-5-15-9-10-18(19-3)16(12-15)13-20(4)17-8-6-7-14(2)11-17/h14-19H,5-13H2,1-4H3. The largest absolute Gasteiger partial charge is 0.317 e. The summed E-state index contributed by atoms with van der Waals surface area (Å²) in [4.78, 5) is 2.70. The SMILES string of the molecule is CCC1CCC(NC)C(CN(C)C2CCCC(C)C2)C1. The van der Waals surface area contributed by atoms with Crippen LogP contribution >= 0.6 is 0 Å². The average Bonchev–Trinajstić information content (AvgIpc) is 2.47. The van der Waals surface area contributed by atoms with Crippen molar-refractivity contribution in [2.45, 2.75) is 77.3 Å². The number of hydrogen-bond acceptors (Lipinski definition) is 2. The van der Waals surface area contributed by atoms with E-state index in [0.717, 1.165) is 29.8 Å². The van der Waals surface area contributed by atoms with Gasteiger partial charge in [-0.3, -0.25) is 0 Å². The second kappa shape index (κ2) is 7.79. The molecule has 0 bridgehead atoms. The van der Waals surface area contributed by atoms with Crippen LogP contribution in [0.5, 0.6) is 0 Å². The van der Waals surface area contributed by atoms with Crippen LogP contribution in [0.25, 0.3) is 0 Å². The summed E-state index contributed by atoms with van der Waals surface area (Å²) < 4.78 is 0. The van der Waals surface area contributed by atoms with Crippen LogP contribution in [0.1, 0.15) is 65.2 Å². The van der Waals surface area contributed by atoms with E-state index in [2.05, 4.69) is 38.2 Å². The molecule has 5 atom stereocenters. The van der Waals surface area contributed by atoms with Gasteiger partial charge in [0.15, 0.2) is 0 Å². The van der Waals surface area contributed by atoms with Crippen molar-refractivity contribution in [1.82, 2.24) is 10.2 Å². The average molecular weight is 280 g/mol. The Bertz CT molecular complexity index is 279. The van der Waals surface area contributed by atoms with Crippen molar-refractivity contribution in [3.05, 3.63) is 0 Å². The van der Waals surface area contributed by atoms with Gasteiger partial charge in [0, 0.05) is 18.6 Å². The highest BCUT2D eigenvalue weighted by atomic mass is 15.1. The van der Waals surface area contributed by atoms with Crippen LogP contribution in [0.2, 0.25) is 0 Å². The molecule has 0 spiro atoms. The topological polar surface area (TPSA) is 15.3 Å². The fourth-order valence-corrected chi connectivity index (χ4v) is 4.64. The number of rotatable bonds is 5. The first-order valence-corrected chi connectivity index (χ1v) is 9.01. The normalized spacial score (nSPS) is 39.1. The molecule has 0 radical (unpaired) electrons. The highest BCUT2D eigenvalue weighted by molar-refractivity contribution is 4.87. The molecule has 0 amide bonds. The van der Waals surface area contributed by atoms with E-state index in [0.29, 0.717) is 0 Å². The molecule has 0 saturated heterocycles. The lowest BCUT2D eigenvalue weighted by Gasteiger charge is -2.41. The molecule has 1 N–H and O–H groups in total. The van der Waals surface area contributed by atoms with Crippen molar-refractivity contribution in [1.29, 1.82) is 0 Å². The van der Waals surface area contributed by atoms with Gasteiger partial charge in [-0.05, 0) is 64.0 Å². The molecule has 2 saturated carbocycles. The van der Waals surface area contributed by atoms with Crippen LogP contribution in [0.3, 0.4) is 0 Å². The lowest BCUT2D eigenvalue weighted by Crippen LogP contribution is -2.46. The molecule has 2 nitrogen and oxygen atoms in total. The van der Waals surface area contributed by atoms with Crippen LogP contribution in [0.4, 0.5) is 0 Å². The lowest BCUT2D eigenvalue weighted by atomic mass is 9.76. The zero-order valence-corrected chi connectivity index (χ0v) is 14.2. The quantitative estimate of drug-likeness (QED) is 0.821. The molecule has 5 unspecified atom stereocenters. The molecule has 118 valence electrons. The molecule has 2 fully saturated rings. The van der Waals surface area contributed by atoms with Crippen LogP contribution in [0, 0.1) is 17.8 Å². The molecule has 0 aromatic carbocycles. The molecule has 0 aromatic rings. The van der Waals surface area contributed by atoms with Crippen LogP contribution in [-0.4, -0.2) is 37.6 Å². The summed E-state index contributed by atoms with van der Waals surface area (Å²) in [6.07, 6.45) is 11.4. The van der Waals surface area contributed by atoms with Crippen molar-refractivity contribution in [3.8, 4) is 0 Å². The van der Waals surface area contributed by atoms with E-state index in [1.54, 1.807) is 0 Å². The van der Waals surface area contributed by atoms with Crippen molar-refractivity contribution in [3.63, 3.8) is 0 Å². The van der Waals surface area contributed by atoms with E-state index in [4.69, 9.17) is 0 Å². The third-order valence-corrected chi connectivity index (χ3v) is 6.09. The van der Waals surface area contributed by atoms with Gasteiger partial charge in [0.25, 0.3) is 0 Å². The third-order valence-electron chi connectivity index (χ3n) is 6.09. The zero-order valence-electron chi connectivity index (χ0n) is 14.2. The number of nitrogens with one attached hydrogen (secondary N) is 1. The maximum absolute atomic E-state index is 3.59. The number of nitrogens with zero attached hydrogens (tertiary/aromatic N) is 1. The first-order valence-electron chi connectivity index (χ1n) is 9.01. The summed E-state index contributed by atoms with van der Waals surface area (Å²) in [5, 5.41) is 3.59. The van der Waals surface area contributed by atoms with E-state index >= 15 is 0 Å². The monoisotopic (exact) mass is 280 g/mol. The van der Waals surface area contributed by atoms with Gasteiger partial charge in [-0.1, -0.05) is 33.1 Å². The minimum Gasteiger partial charge on any atom is -0.317 e. The Morgan fingerprint density at radius 2 is 1.90 bits per heavy atom. The maximum Gasteiger partial charge on any atom is 0.0105 e. The first-order chi connectivity index (χ1) is 9.63. The van der Waals surface area contributed by atoms with Crippen molar-refractivity contribution < 1.29 is 0 Å². The smallest absolute Gasteiger partial charge is 0.0105 e. The van der Waals surface area contributed by atoms with Gasteiger partial charge in [0.2, 0.25) is 0 Å². The highest BCUT2D eigenvalue weighted by Gasteiger charge is 2.31. The summed E-state index contributed by atoms with van der Waals surface area (Å²) in [6, 6.07) is 1.60.